The van der Waals surface area contributed by atoms with E-state index in [0.717, 1.165) is 25.7 Å². The maximum absolute atomic E-state index is 12.4. The molecule has 5 heteroatoms. The molecular formula is C21H28O5. The summed E-state index contributed by atoms with van der Waals surface area (Å²) in [4.78, 5) is 24.4. The lowest BCUT2D eigenvalue weighted by molar-refractivity contribution is -0.160. The minimum Gasteiger partial charge on any atom is -0.388 e. The van der Waals surface area contributed by atoms with Crippen molar-refractivity contribution >= 4 is 11.6 Å². The van der Waals surface area contributed by atoms with Gasteiger partial charge >= 0.3 is 0 Å². The van der Waals surface area contributed by atoms with Crippen LogP contribution in [-0.2, 0) is 14.3 Å². The number of Topliss-reactive ketones (excluding diaryl/α,β-unsaturated/α-hetero) is 1. The van der Waals surface area contributed by atoms with E-state index < -0.39 is 23.4 Å². The highest BCUT2D eigenvalue weighted by molar-refractivity contribution is 5.92. The number of ketones is 2. The number of carbonyl (C=O) groups excluding carboxylic acids is 2. The van der Waals surface area contributed by atoms with E-state index >= 15 is 0 Å². The second-order valence-electron chi connectivity index (χ2n) is 9.72. The molecule has 1 unspecified atom stereocenters. The Morgan fingerprint density at radius 1 is 1.23 bits per heavy atom. The molecule has 0 aromatic heterocycles. The minimum atomic E-state index is -1.44. The Labute approximate surface area is 153 Å². The fourth-order valence-electron chi connectivity index (χ4n) is 7.61. The quantitative estimate of drug-likeness (QED) is 0.735. The Bertz CT molecular complexity index is 743. The first-order chi connectivity index (χ1) is 12.2. The summed E-state index contributed by atoms with van der Waals surface area (Å²) in [5.74, 6) is 0.315. The van der Waals surface area contributed by atoms with Crippen molar-refractivity contribution in [3.05, 3.63) is 11.6 Å². The van der Waals surface area contributed by atoms with Crippen molar-refractivity contribution in [3.8, 4) is 0 Å². The maximum atomic E-state index is 12.4. The smallest absolute Gasteiger partial charge is 0.190 e. The number of fused-ring (bicyclic) bond motifs is 3. The van der Waals surface area contributed by atoms with E-state index in [1.165, 1.54) is 5.57 Å². The highest BCUT2D eigenvalue weighted by Crippen LogP contribution is 2.76. The van der Waals surface area contributed by atoms with Crippen LogP contribution in [0.4, 0.5) is 0 Å². The predicted octanol–water partition coefficient (Wildman–Crippen LogP) is 1.94. The first-order valence-corrected chi connectivity index (χ1v) is 10.0. The molecule has 5 rings (SSSR count). The van der Waals surface area contributed by atoms with Crippen LogP contribution in [0.25, 0.3) is 0 Å². The van der Waals surface area contributed by atoms with Crippen molar-refractivity contribution < 1.29 is 24.5 Å². The summed E-state index contributed by atoms with van der Waals surface area (Å²) in [5.41, 5.74) is -1.06. The molecule has 26 heavy (non-hydrogen) atoms. The molecule has 3 saturated carbocycles. The van der Waals surface area contributed by atoms with Gasteiger partial charge in [0.1, 0.15) is 17.8 Å². The summed E-state index contributed by atoms with van der Waals surface area (Å²) in [7, 11) is 0. The van der Waals surface area contributed by atoms with E-state index in [9.17, 15) is 19.8 Å². The lowest BCUT2D eigenvalue weighted by Gasteiger charge is -2.56. The van der Waals surface area contributed by atoms with Gasteiger partial charge in [0.2, 0.25) is 0 Å². The molecule has 4 fully saturated rings. The molecule has 0 aromatic carbocycles. The highest BCUT2D eigenvalue weighted by atomic mass is 16.6. The maximum Gasteiger partial charge on any atom is 0.190 e. The van der Waals surface area contributed by atoms with E-state index in [2.05, 4.69) is 6.92 Å². The number of epoxide rings is 1. The fourth-order valence-corrected chi connectivity index (χ4v) is 7.61. The topological polar surface area (TPSA) is 87.1 Å². The molecule has 0 bridgehead atoms. The van der Waals surface area contributed by atoms with Gasteiger partial charge in [0.15, 0.2) is 11.6 Å². The summed E-state index contributed by atoms with van der Waals surface area (Å²) in [6.07, 6.45) is 7.08. The third kappa shape index (κ3) is 1.65. The molecule has 5 aliphatic rings. The van der Waals surface area contributed by atoms with Gasteiger partial charge in [-0.1, -0.05) is 19.4 Å². The number of ether oxygens (including phenoxy) is 1. The van der Waals surface area contributed by atoms with Gasteiger partial charge in [-0.3, -0.25) is 9.59 Å². The van der Waals surface area contributed by atoms with Crippen LogP contribution in [-0.4, -0.2) is 45.7 Å². The number of carbonyl (C=O) groups is 2. The van der Waals surface area contributed by atoms with Gasteiger partial charge in [-0.15, -0.1) is 0 Å². The van der Waals surface area contributed by atoms with Crippen molar-refractivity contribution in [3.63, 3.8) is 0 Å². The molecule has 2 N–H and O–H groups in total. The zero-order valence-corrected chi connectivity index (χ0v) is 15.6. The van der Waals surface area contributed by atoms with E-state index in [-0.39, 0.29) is 28.8 Å². The van der Waals surface area contributed by atoms with E-state index in [1.807, 2.05) is 13.0 Å². The van der Waals surface area contributed by atoms with E-state index in [0.29, 0.717) is 25.2 Å². The largest absolute Gasteiger partial charge is 0.388 e. The van der Waals surface area contributed by atoms with Crippen molar-refractivity contribution in [1.82, 2.24) is 0 Å². The summed E-state index contributed by atoms with van der Waals surface area (Å²) >= 11 is 0. The van der Waals surface area contributed by atoms with Crippen LogP contribution in [0.15, 0.2) is 11.6 Å². The van der Waals surface area contributed by atoms with Crippen LogP contribution in [0.1, 0.15) is 58.8 Å². The standard InChI is InChI=1S/C21H28O5/c1-18-7-5-13(23)9-12(18)3-4-15-14-6-8-20(25,16(24)11-22)19(14,2)10-17-21(15,18)26-17/h9,14-15,17,22,25H,3-8,10-11H2,1-2H3/t14?,15-,17-,18-,19-,20-,21+/m0/s1. The fraction of sp³-hybridized carbons (Fsp3) is 0.810. The molecule has 5 nitrogen and oxygen atoms in total. The third-order valence-electron chi connectivity index (χ3n) is 9.09. The normalized spacial score (nSPS) is 54.5. The molecule has 4 aliphatic carbocycles. The number of aliphatic hydroxyl groups is 2. The number of hydrogen-bond donors (Lipinski definition) is 2. The number of aliphatic hydroxyl groups excluding tert-OH is 1. The van der Waals surface area contributed by atoms with E-state index in [4.69, 9.17) is 4.74 Å². The van der Waals surface area contributed by atoms with Gasteiger partial charge in [0.25, 0.3) is 0 Å². The first kappa shape index (κ1) is 17.1. The lowest BCUT2D eigenvalue weighted by atomic mass is 9.46. The molecule has 1 spiro atoms. The van der Waals surface area contributed by atoms with Crippen LogP contribution in [0.2, 0.25) is 0 Å². The molecule has 0 aromatic rings. The highest BCUT2D eigenvalue weighted by Gasteiger charge is 2.81. The Kier molecular flexibility index (Phi) is 3.20. The van der Waals surface area contributed by atoms with Crippen LogP contribution >= 0.6 is 0 Å². The monoisotopic (exact) mass is 360 g/mol. The average molecular weight is 360 g/mol. The number of hydrogen-bond acceptors (Lipinski definition) is 5. The van der Waals surface area contributed by atoms with Crippen molar-refractivity contribution in [1.29, 1.82) is 0 Å². The second-order valence-corrected chi connectivity index (χ2v) is 9.72. The molecule has 1 heterocycles. The van der Waals surface area contributed by atoms with Gasteiger partial charge < -0.3 is 14.9 Å². The Morgan fingerprint density at radius 3 is 2.73 bits per heavy atom. The molecule has 1 saturated heterocycles. The van der Waals surface area contributed by atoms with Crippen LogP contribution in [0, 0.1) is 22.7 Å². The minimum absolute atomic E-state index is 0.0340. The molecule has 1 aliphatic heterocycles. The van der Waals surface area contributed by atoms with E-state index in [1.54, 1.807) is 0 Å². The van der Waals surface area contributed by atoms with Gasteiger partial charge in [-0.2, -0.15) is 0 Å². The lowest BCUT2D eigenvalue weighted by Crippen LogP contribution is -2.61. The van der Waals surface area contributed by atoms with Crippen molar-refractivity contribution in [2.24, 2.45) is 22.7 Å². The molecule has 0 amide bonds. The molecule has 0 radical (unpaired) electrons. The summed E-state index contributed by atoms with van der Waals surface area (Å²) in [5, 5.41) is 20.7. The molecular weight excluding hydrogens is 332 g/mol. The SMILES string of the molecule is C[C@]12CCC(=O)C=C1CC[C@H]1C3CC[C@](O)(C(=O)CO)[C@@]3(C)C[C@@H]3O[C@@]312. The van der Waals surface area contributed by atoms with Crippen LogP contribution in [0.3, 0.4) is 0 Å². The van der Waals surface area contributed by atoms with Crippen LogP contribution < -0.4 is 0 Å². The summed E-state index contributed by atoms with van der Waals surface area (Å²) in [6, 6.07) is 0. The third-order valence-corrected chi connectivity index (χ3v) is 9.09. The molecule has 142 valence electrons. The second kappa shape index (κ2) is 4.86. The summed E-state index contributed by atoms with van der Waals surface area (Å²) in [6.45, 7) is 3.69. The van der Waals surface area contributed by atoms with Gasteiger partial charge in [0, 0.05) is 17.3 Å². The van der Waals surface area contributed by atoms with Crippen molar-refractivity contribution in [2.45, 2.75) is 76.1 Å². The average Bonchev–Trinajstić information content (AvgIpc) is 3.27. The van der Waals surface area contributed by atoms with Gasteiger partial charge in [-0.25, -0.2) is 0 Å². The predicted molar refractivity (Wildman–Crippen MR) is 93.2 cm³/mol. The summed E-state index contributed by atoms with van der Waals surface area (Å²) < 4.78 is 6.45. The number of rotatable bonds is 2. The zero-order valence-electron chi connectivity index (χ0n) is 15.6. The Balaban J connectivity index is 1.57. The molecule has 7 atom stereocenters. The Morgan fingerprint density at radius 2 is 2.00 bits per heavy atom. The van der Waals surface area contributed by atoms with Crippen molar-refractivity contribution in [2.75, 3.05) is 6.61 Å². The van der Waals surface area contributed by atoms with Crippen LogP contribution in [0.5, 0.6) is 0 Å². The first-order valence-electron chi connectivity index (χ1n) is 10.0. The van der Waals surface area contributed by atoms with Gasteiger partial charge in [0.05, 0.1) is 6.10 Å². The van der Waals surface area contributed by atoms with Gasteiger partial charge in [-0.05, 0) is 56.4 Å². The zero-order chi connectivity index (χ0) is 18.5. The Hall–Kier alpha value is -1.04.